The Labute approximate surface area is 92.0 Å². The lowest BCUT2D eigenvalue weighted by Gasteiger charge is -2.20. The van der Waals surface area contributed by atoms with Crippen LogP contribution in [0.4, 0.5) is 0 Å². The fourth-order valence-corrected chi connectivity index (χ4v) is 2.68. The van der Waals surface area contributed by atoms with E-state index in [1.165, 1.54) is 12.8 Å². The van der Waals surface area contributed by atoms with Crippen molar-refractivity contribution in [1.29, 1.82) is 0 Å². The topological polar surface area (TPSA) is 39.2 Å². The molecule has 2 nitrogen and oxygen atoms in total. The smallest absolute Gasteiger partial charge is 0.169 e. The average Bonchev–Trinajstić information content (AvgIpc) is 3.02. The number of halogens is 1. The monoisotopic (exact) mass is 255 g/mol. The highest BCUT2D eigenvalue weighted by Crippen LogP contribution is 2.56. The highest BCUT2D eigenvalue weighted by molar-refractivity contribution is 9.10. The minimum atomic E-state index is 0.0540. The van der Waals surface area contributed by atoms with Crippen molar-refractivity contribution in [3.63, 3.8) is 0 Å². The molecule has 0 saturated heterocycles. The van der Waals surface area contributed by atoms with Gasteiger partial charge < -0.3 is 10.2 Å². The van der Waals surface area contributed by atoms with E-state index in [2.05, 4.69) is 22.0 Å². The fraction of sp³-hybridized carbons (Fsp3) is 0.636. The van der Waals surface area contributed by atoms with Gasteiger partial charge in [-0.1, -0.05) is 0 Å². The maximum atomic E-state index is 6.30. The van der Waals surface area contributed by atoms with E-state index in [0.29, 0.717) is 5.92 Å². The van der Waals surface area contributed by atoms with Crippen molar-refractivity contribution < 1.29 is 4.42 Å². The van der Waals surface area contributed by atoms with Gasteiger partial charge in [0.05, 0.1) is 0 Å². The van der Waals surface area contributed by atoms with Crippen LogP contribution in [0.15, 0.2) is 21.2 Å². The second-order valence-electron chi connectivity index (χ2n) is 4.69. The Bertz CT molecular complexity index is 352. The molecule has 3 rings (SSSR count). The van der Waals surface area contributed by atoms with E-state index in [0.717, 1.165) is 29.2 Å². The number of nitrogens with two attached hydrogens (primary N) is 1. The number of hydrogen-bond acceptors (Lipinski definition) is 2. The zero-order valence-electron chi connectivity index (χ0n) is 8.00. The van der Waals surface area contributed by atoms with Crippen LogP contribution in [-0.4, -0.2) is 5.54 Å². The van der Waals surface area contributed by atoms with E-state index in [4.69, 9.17) is 10.2 Å². The summed E-state index contributed by atoms with van der Waals surface area (Å²) in [4.78, 5) is 0. The third-order valence-corrected chi connectivity index (χ3v) is 3.87. The first-order valence-corrected chi connectivity index (χ1v) is 6.02. The predicted octanol–water partition coefficient (Wildman–Crippen LogP) is 3.03. The third kappa shape index (κ3) is 1.43. The molecule has 1 atom stereocenters. The molecule has 0 bridgehead atoms. The molecular weight excluding hydrogens is 242 g/mol. The first-order valence-electron chi connectivity index (χ1n) is 5.23. The molecule has 0 amide bonds. The lowest BCUT2D eigenvalue weighted by molar-refractivity contribution is 0.368. The molecule has 2 fully saturated rings. The summed E-state index contributed by atoms with van der Waals surface area (Å²) in [6.45, 7) is 0. The van der Waals surface area contributed by atoms with Crippen molar-refractivity contribution in [3.05, 3.63) is 22.6 Å². The molecule has 76 valence electrons. The summed E-state index contributed by atoms with van der Waals surface area (Å²) in [5.41, 5.74) is 6.35. The zero-order chi connectivity index (χ0) is 9.76. The first-order chi connectivity index (χ1) is 6.69. The molecule has 2 aliphatic carbocycles. The standard InChI is InChI=1S/C11H14BrNO/c12-9-4-3-8(14-9)10(7-1-2-7)11(13)5-6-11/h3-4,7,10H,1-2,5-6,13H2. The molecule has 0 aromatic carbocycles. The summed E-state index contributed by atoms with van der Waals surface area (Å²) in [5, 5.41) is 0. The van der Waals surface area contributed by atoms with Crippen LogP contribution in [0.5, 0.6) is 0 Å². The Morgan fingerprint density at radius 1 is 1.43 bits per heavy atom. The van der Waals surface area contributed by atoms with E-state index >= 15 is 0 Å². The molecule has 2 N–H and O–H groups in total. The molecule has 0 spiro atoms. The summed E-state index contributed by atoms with van der Waals surface area (Å²) in [6.07, 6.45) is 4.96. The van der Waals surface area contributed by atoms with Gasteiger partial charge in [0.25, 0.3) is 0 Å². The molecule has 1 unspecified atom stereocenters. The van der Waals surface area contributed by atoms with Gasteiger partial charge in [0.1, 0.15) is 5.76 Å². The minimum absolute atomic E-state index is 0.0540. The van der Waals surface area contributed by atoms with E-state index in [-0.39, 0.29) is 5.54 Å². The quantitative estimate of drug-likeness (QED) is 0.902. The average molecular weight is 256 g/mol. The maximum absolute atomic E-state index is 6.30. The maximum Gasteiger partial charge on any atom is 0.169 e. The Morgan fingerprint density at radius 3 is 2.57 bits per heavy atom. The van der Waals surface area contributed by atoms with E-state index < -0.39 is 0 Å². The van der Waals surface area contributed by atoms with Crippen LogP contribution < -0.4 is 5.73 Å². The van der Waals surface area contributed by atoms with Crippen LogP contribution in [0.2, 0.25) is 0 Å². The first kappa shape index (κ1) is 8.98. The molecule has 14 heavy (non-hydrogen) atoms. The normalized spacial score (nSPS) is 26.1. The molecule has 2 aliphatic rings. The van der Waals surface area contributed by atoms with Gasteiger partial charge in [-0.15, -0.1) is 0 Å². The van der Waals surface area contributed by atoms with Crippen LogP contribution in [0, 0.1) is 5.92 Å². The molecular formula is C11H14BrNO. The zero-order valence-corrected chi connectivity index (χ0v) is 9.59. The number of hydrogen-bond donors (Lipinski definition) is 1. The predicted molar refractivity (Wildman–Crippen MR) is 58.0 cm³/mol. The van der Waals surface area contributed by atoms with Crippen molar-refractivity contribution in [1.82, 2.24) is 0 Å². The van der Waals surface area contributed by atoms with Gasteiger partial charge >= 0.3 is 0 Å². The van der Waals surface area contributed by atoms with E-state index in [9.17, 15) is 0 Å². The molecule has 1 aromatic rings. The van der Waals surface area contributed by atoms with Crippen molar-refractivity contribution >= 4 is 15.9 Å². The molecule has 1 aromatic heterocycles. The summed E-state index contributed by atoms with van der Waals surface area (Å²) >= 11 is 3.35. The Hall–Kier alpha value is -0.280. The van der Waals surface area contributed by atoms with E-state index in [1.54, 1.807) is 0 Å². The fourth-order valence-electron chi connectivity index (χ4n) is 2.37. The van der Waals surface area contributed by atoms with Gasteiger partial charge in [-0.3, -0.25) is 0 Å². The minimum Gasteiger partial charge on any atom is -0.454 e. The molecule has 0 radical (unpaired) electrons. The van der Waals surface area contributed by atoms with E-state index in [1.807, 2.05) is 6.07 Å². The van der Waals surface area contributed by atoms with Crippen molar-refractivity contribution in [3.8, 4) is 0 Å². The summed E-state index contributed by atoms with van der Waals surface area (Å²) in [5.74, 6) is 2.33. The van der Waals surface area contributed by atoms with Crippen LogP contribution in [0.3, 0.4) is 0 Å². The van der Waals surface area contributed by atoms with Gasteiger partial charge in [0.15, 0.2) is 4.67 Å². The second-order valence-corrected chi connectivity index (χ2v) is 5.47. The third-order valence-electron chi connectivity index (χ3n) is 3.44. The van der Waals surface area contributed by atoms with Crippen LogP contribution in [0.25, 0.3) is 0 Å². The summed E-state index contributed by atoms with van der Waals surface area (Å²) < 4.78 is 6.47. The molecule has 1 heterocycles. The van der Waals surface area contributed by atoms with Crippen LogP contribution >= 0.6 is 15.9 Å². The molecule has 0 aliphatic heterocycles. The lowest BCUT2D eigenvalue weighted by atomic mass is 9.90. The Balaban J connectivity index is 1.91. The Morgan fingerprint density at radius 2 is 2.14 bits per heavy atom. The van der Waals surface area contributed by atoms with Gasteiger partial charge in [0, 0.05) is 11.5 Å². The van der Waals surface area contributed by atoms with Crippen molar-refractivity contribution in [2.45, 2.75) is 37.1 Å². The van der Waals surface area contributed by atoms with Gasteiger partial charge in [-0.05, 0) is 59.7 Å². The van der Waals surface area contributed by atoms with Gasteiger partial charge in [-0.25, -0.2) is 0 Å². The van der Waals surface area contributed by atoms with Crippen LogP contribution in [0.1, 0.15) is 37.4 Å². The largest absolute Gasteiger partial charge is 0.454 e. The molecule has 2 saturated carbocycles. The highest BCUT2D eigenvalue weighted by atomic mass is 79.9. The van der Waals surface area contributed by atoms with Crippen molar-refractivity contribution in [2.75, 3.05) is 0 Å². The summed E-state index contributed by atoms with van der Waals surface area (Å²) in [6, 6.07) is 4.04. The number of rotatable bonds is 3. The van der Waals surface area contributed by atoms with Crippen molar-refractivity contribution in [2.24, 2.45) is 11.7 Å². The van der Waals surface area contributed by atoms with Gasteiger partial charge in [0.2, 0.25) is 0 Å². The summed E-state index contributed by atoms with van der Waals surface area (Å²) in [7, 11) is 0. The van der Waals surface area contributed by atoms with Crippen LogP contribution in [-0.2, 0) is 0 Å². The molecule has 3 heteroatoms. The lowest BCUT2D eigenvalue weighted by Crippen LogP contribution is -2.31. The number of furan rings is 1. The highest BCUT2D eigenvalue weighted by Gasteiger charge is 2.53. The van der Waals surface area contributed by atoms with Gasteiger partial charge in [-0.2, -0.15) is 0 Å². The SMILES string of the molecule is NC1(C(c2ccc(Br)o2)C2CC2)CC1. The Kier molecular flexibility index (Phi) is 1.83. The second kappa shape index (κ2) is 2.86.